The van der Waals surface area contributed by atoms with E-state index in [1.165, 1.54) is 231 Å². The smallest absolute Gasteiger partial charge is 0.306 e. The summed E-state index contributed by atoms with van der Waals surface area (Å²) < 4.78 is 22.8. The van der Waals surface area contributed by atoms with E-state index >= 15 is 0 Å². The van der Waals surface area contributed by atoms with Gasteiger partial charge < -0.3 is 33.3 Å². The largest absolute Gasteiger partial charge is 0.545 e. The zero-order chi connectivity index (χ0) is 67.5. The number of carboxylic acids is 1. The van der Waals surface area contributed by atoms with Crippen molar-refractivity contribution in [3.63, 3.8) is 0 Å². The van der Waals surface area contributed by atoms with Gasteiger partial charge in [0, 0.05) is 12.8 Å². The highest BCUT2D eigenvalue weighted by Gasteiger charge is 2.22. The molecular weight excluding hydrogens is 1150 g/mol. The minimum atomic E-state index is -1.63. The average Bonchev–Trinajstić information content (AvgIpc) is 3.74. The number of carboxylic acid groups (broad SMARTS) is 1. The zero-order valence-electron chi connectivity index (χ0n) is 61.6. The lowest BCUT2D eigenvalue weighted by molar-refractivity contribution is -0.870. The Morgan fingerprint density at radius 1 is 0.333 bits per heavy atom. The number of allylic oxidation sites excluding steroid dienone is 16. The third kappa shape index (κ3) is 75.5. The molecule has 0 radical (unpaired) electrons. The van der Waals surface area contributed by atoms with Crippen molar-refractivity contribution < 1.29 is 42.9 Å². The molecule has 0 fully saturated rings. The van der Waals surface area contributed by atoms with Crippen molar-refractivity contribution in [3.8, 4) is 0 Å². The van der Waals surface area contributed by atoms with Crippen molar-refractivity contribution in [2.75, 3.05) is 47.5 Å². The van der Waals surface area contributed by atoms with Crippen molar-refractivity contribution in [1.82, 2.24) is 0 Å². The Morgan fingerprint density at radius 2 is 0.613 bits per heavy atom. The molecule has 0 aromatic heterocycles. The quantitative estimate of drug-likeness (QED) is 0.0195. The van der Waals surface area contributed by atoms with Crippen LogP contribution < -0.4 is 5.11 Å². The molecule has 0 aliphatic rings. The van der Waals surface area contributed by atoms with Gasteiger partial charge in [-0.1, -0.05) is 368 Å². The molecule has 0 spiro atoms. The first kappa shape index (κ1) is 89.2. The first-order valence-corrected chi connectivity index (χ1v) is 39.4. The van der Waals surface area contributed by atoms with Crippen LogP contribution in [0.5, 0.6) is 0 Å². The van der Waals surface area contributed by atoms with E-state index in [0.29, 0.717) is 23.9 Å². The van der Waals surface area contributed by atoms with Gasteiger partial charge in [-0.2, -0.15) is 0 Å². The van der Waals surface area contributed by atoms with Crippen molar-refractivity contribution in [1.29, 1.82) is 0 Å². The Hall–Kier alpha value is -3.79. The SMILES string of the molecule is CC/C=C\C/C=C\C/C=C\C/C=C\C/C=C\C/C=C\C/C=C\C/C=C\CCCCCCCCCCC(=O)OC(COC(=O)CCCCCCCCCCCCCCCCCCCCCCCCCCCCCCCCCCCCC)COC(OCC[N+](C)(C)C)C(=O)[O-]. The summed E-state index contributed by atoms with van der Waals surface area (Å²) >= 11 is 0. The van der Waals surface area contributed by atoms with Crippen molar-refractivity contribution in [2.24, 2.45) is 0 Å². The number of esters is 2. The lowest BCUT2D eigenvalue weighted by Gasteiger charge is -2.26. The van der Waals surface area contributed by atoms with Crippen LogP contribution in [0.1, 0.15) is 361 Å². The third-order valence-electron chi connectivity index (χ3n) is 17.3. The predicted octanol–water partition coefficient (Wildman–Crippen LogP) is 23.8. The van der Waals surface area contributed by atoms with Crippen LogP contribution in [0.3, 0.4) is 0 Å². The maximum Gasteiger partial charge on any atom is 0.306 e. The summed E-state index contributed by atoms with van der Waals surface area (Å²) in [6.45, 7) is 4.67. The lowest BCUT2D eigenvalue weighted by atomic mass is 10.0. The lowest BCUT2D eigenvalue weighted by Crippen LogP contribution is -2.44. The number of ether oxygens (including phenoxy) is 4. The van der Waals surface area contributed by atoms with Crippen LogP contribution in [0, 0.1) is 0 Å². The van der Waals surface area contributed by atoms with Crippen LogP contribution in [-0.2, 0) is 33.3 Å². The summed E-state index contributed by atoms with van der Waals surface area (Å²) in [5, 5.41) is 11.9. The Labute approximate surface area is 575 Å². The molecule has 0 amide bonds. The highest BCUT2D eigenvalue weighted by Crippen LogP contribution is 2.19. The van der Waals surface area contributed by atoms with Crippen molar-refractivity contribution in [2.45, 2.75) is 373 Å². The average molecular weight is 1300 g/mol. The summed E-state index contributed by atoms with van der Waals surface area (Å²) in [4.78, 5) is 37.6. The van der Waals surface area contributed by atoms with Gasteiger partial charge >= 0.3 is 11.9 Å². The highest BCUT2D eigenvalue weighted by molar-refractivity contribution is 5.70. The second-order valence-electron chi connectivity index (χ2n) is 27.6. The minimum Gasteiger partial charge on any atom is -0.545 e. The molecule has 0 heterocycles. The maximum absolute atomic E-state index is 13.0. The molecule has 538 valence electrons. The van der Waals surface area contributed by atoms with Gasteiger partial charge in [0.1, 0.15) is 13.2 Å². The van der Waals surface area contributed by atoms with Crippen LogP contribution in [0.15, 0.2) is 97.2 Å². The molecule has 2 unspecified atom stereocenters. The second kappa shape index (κ2) is 74.0. The van der Waals surface area contributed by atoms with Crippen LogP contribution in [-0.4, -0.2) is 82.3 Å². The van der Waals surface area contributed by atoms with E-state index in [1.807, 2.05) is 21.1 Å². The zero-order valence-corrected chi connectivity index (χ0v) is 61.6. The van der Waals surface area contributed by atoms with Gasteiger partial charge in [-0.3, -0.25) is 9.59 Å². The molecule has 93 heavy (non-hydrogen) atoms. The van der Waals surface area contributed by atoms with Crippen LogP contribution in [0.25, 0.3) is 0 Å². The van der Waals surface area contributed by atoms with E-state index in [1.54, 1.807) is 0 Å². The minimum absolute atomic E-state index is 0.143. The molecule has 0 bridgehead atoms. The third-order valence-corrected chi connectivity index (χ3v) is 17.3. The molecule has 0 rings (SSSR count). The molecule has 0 aromatic rings. The predicted molar refractivity (Wildman–Crippen MR) is 398 cm³/mol. The number of rotatable bonds is 73. The first-order valence-electron chi connectivity index (χ1n) is 39.4. The van der Waals surface area contributed by atoms with E-state index in [4.69, 9.17) is 18.9 Å². The van der Waals surface area contributed by atoms with Crippen LogP contribution in [0.4, 0.5) is 0 Å². The van der Waals surface area contributed by atoms with E-state index < -0.39 is 24.3 Å². The summed E-state index contributed by atoms with van der Waals surface area (Å²) in [5.74, 6) is -2.28. The van der Waals surface area contributed by atoms with Gasteiger partial charge in [0.05, 0.1) is 40.3 Å². The molecule has 2 atom stereocenters. The van der Waals surface area contributed by atoms with Gasteiger partial charge in [-0.05, 0) is 77.0 Å². The van der Waals surface area contributed by atoms with Gasteiger partial charge in [-0.15, -0.1) is 0 Å². The number of likely N-dealkylation sites (N-methyl/N-ethyl adjacent to an activating group) is 1. The fourth-order valence-corrected chi connectivity index (χ4v) is 11.4. The number of nitrogens with zero attached hydrogens (tertiary/aromatic N) is 1. The maximum atomic E-state index is 13.0. The standard InChI is InChI=1S/C84H149NO8/c1-6-8-10-12-14-16-18-20-22-24-26-28-30-32-34-36-38-40-41-43-44-46-48-50-52-54-56-58-60-62-64-66-68-70-72-74-81(86)91-78-80(79-92-84(83(88)89)90-77-76-85(3,4)5)93-82(87)75-73-71-69-67-65-63-61-59-57-55-53-51-49-47-45-42-39-37-35-33-31-29-27-25-23-21-19-17-15-13-11-9-7-2/h9,11,15,17,21,23,27,29,33,35,39,42,47,49,53,55,80,84H,6-8,10,12-14,16,18-20,22,24-26,28,30-32,34,36-38,40-41,43-46,48,50-52,54,56-79H2,1-5H3/b11-9-,17-15-,23-21-,29-27-,35-33-,42-39-,49-47-,55-53-. The number of hydrogen-bond donors (Lipinski definition) is 0. The molecular formula is C84H149NO8. The van der Waals surface area contributed by atoms with E-state index in [-0.39, 0.29) is 32.2 Å². The molecule has 9 nitrogen and oxygen atoms in total. The molecule has 0 N–H and O–H groups in total. The fraction of sp³-hybridized carbons (Fsp3) is 0.774. The Balaban J connectivity index is 4.06. The topological polar surface area (TPSA) is 111 Å². The summed E-state index contributed by atoms with van der Waals surface area (Å²) in [5.41, 5.74) is 0. The van der Waals surface area contributed by atoms with Gasteiger partial charge in [0.25, 0.3) is 0 Å². The second-order valence-corrected chi connectivity index (χ2v) is 27.6. The molecule has 0 aromatic carbocycles. The van der Waals surface area contributed by atoms with Gasteiger partial charge in [-0.25, -0.2) is 0 Å². The normalized spacial score (nSPS) is 13.2. The summed E-state index contributed by atoms with van der Waals surface area (Å²) in [7, 11) is 5.94. The number of aliphatic carboxylic acids is 1. The van der Waals surface area contributed by atoms with E-state index in [9.17, 15) is 19.5 Å². The number of quaternary nitrogens is 1. The number of hydrogen-bond acceptors (Lipinski definition) is 8. The van der Waals surface area contributed by atoms with Crippen molar-refractivity contribution in [3.05, 3.63) is 97.2 Å². The van der Waals surface area contributed by atoms with Crippen LogP contribution >= 0.6 is 0 Å². The number of carbonyl (C=O) groups is 3. The number of carbonyl (C=O) groups excluding carboxylic acids is 3. The van der Waals surface area contributed by atoms with Crippen molar-refractivity contribution >= 4 is 17.9 Å². The highest BCUT2D eigenvalue weighted by atomic mass is 16.7. The molecule has 0 saturated carbocycles. The van der Waals surface area contributed by atoms with Gasteiger partial charge in [0.15, 0.2) is 12.4 Å². The fourth-order valence-electron chi connectivity index (χ4n) is 11.4. The monoisotopic (exact) mass is 1300 g/mol. The summed E-state index contributed by atoms with van der Waals surface area (Å²) in [6.07, 6.45) is 99.6. The number of unbranched alkanes of at least 4 members (excludes halogenated alkanes) is 42. The van der Waals surface area contributed by atoms with Crippen LogP contribution in [0.2, 0.25) is 0 Å². The molecule has 0 saturated heterocycles. The Morgan fingerprint density at radius 3 is 0.914 bits per heavy atom. The Kier molecular flexibility index (Phi) is 71.0. The molecule has 0 aliphatic heterocycles. The van der Waals surface area contributed by atoms with E-state index in [0.717, 1.165) is 96.3 Å². The van der Waals surface area contributed by atoms with Gasteiger partial charge in [0.2, 0.25) is 0 Å². The first-order chi connectivity index (χ1) is 45.6. The molecule has 0 aliphatic carbocycles. The summed E-state index contributed by atoms with van der Waals surface area (Å²) in [6, 6.07) is 0. The van der Waals surface area contributed by atoms with E-state index in [2.05, 4.69) is 111 Å². The molecule has 9 heteroatoms. The Bertz CT molecular complexity index is 1850.